The van der Waals surface area contributed by atoms with E-state index in [-0.39, 0.29) is 6.42 Å². The Balaban J connectivity index is 1.67. The van der Waals surface area contributed by atoms with Gasteiger partial charge < -0.3 is 10.1 Å². The lowest BCUT2D eigenvalue weighted by Gasteiger charge is -2.10. The molecule has 0 aliphatic heterocycles. The van der Waals surface area contributed by atoms with E-state index < -0.39 is 17.8 Å². The monoisotopic (exact) mass is 299 g/mol. The Kier molecular flexibility index (Phi) is 3.84. The van der Waals surface area contributed by atoms with E-state index in [1.165, 1.54) is 18.2 Å². The maximum absolute atomic E-state index is 13.1. The number of fused-ring (bicyclic) bond motifs is 1. The Morgan fingerprint density at radius 3 is 2.86 bits per heavy atom. The van der Waals surface area contributed by atoms with Crippen LogP contribution in [0.15, 0.2) is 48.5 Å². The van der Waals surface area contributed by atoms with Gasteiger partial charge in [0.25, 0.3) is 0 Å². The Bertz CT molecular complexity index is 783. The number of aliphatic hydroxyl groups is 1. The zero-order valence-electron chi connectivity index (χ0n) is 11.6. The molecule has 0 saturated carbocycles. The Morgan fingerprint density at radius 2 is 2.09 bits per heavy atom. The predicted octanol–water partition coefficient (Wildman–Crippen LogP) is 2.76. The van der Waals surface area contributed by atoms with E-state index in [0.717, 1.165) is 11.0 Å². The van der Waals surface area contributed by atoms with Gasteiger partial charge in [-0.2, -0.15) is 0 Å². The van der Waals surface area contributed by atoms with Crippen LogP contribution in [0.1, 0.15) is 18.1 Å². The smallest absolute Gasteiger partial charge is 0.229 e. The zero-order valence-corrected chi connectivity index (χ0v) is 11.6. The number of hydrogen-bond acceptors (Lipinski definition) is 3. The SMILES string of the molecule is O=C(CC(O)c1cccc(F)c1)Nc1nc2ccccc2[nH]1. The maximum Gasteiger partial charge on any atom is 0.229 e. The first kappa shape index (κ1) is 14.2. The van der Waals surface area contributed by atoms with E-state index in [1.807, 2.05) is 24.3 Å². The molecule has 2 aromatic carbocycles. The molecule has 0 bridgehead atoms. The van der Waals surface area contributed by atoms with Crippen LogP contribution >= 0.6 is 0 Å². The number of aliphatic hydroxyl groups excluding tert-OH is 1. The standard InChI is InChI=1S/C16H14FN3O2/c17-11-5-3-4-10(8-11)14(21)9-15(22)20-16-18-12-6-1-2-7-13(12)19-16/h1-8,14,21H,9H2,(H2,18,19,20,22). The molecule has 0 aliphatic rings. The van der Waals surface area contributed by atoms with E-state index in [0.29, 0.717) is 11.5 Å². The summed E-state index contributed by atoms with van der Waals surface area (Å²) in [6.07, 6.45) is -1.25. The third-order valence-corrected chi connectivity index (χ3v) is 3.26. The first-order valence-corrected chi connectivity index (χ1v) is 6.80. The van der Waals surface area contributed by atoms with Crippen molar-refractivity contribution in [1.29, 1.82) is 0 Å². The molecular weight excluding hydrogens is 285 g/mol. The topological polar surface area (TPSA) is 78.0 Å². The van der Waals surface area contributed by atoms with Crippen molar-refractivity contribution in [2.45, 2.75) is 12.5 Å². The highest BCUT2D eigenvalue weighted by Gasteiger charge is 2.15. The van der Waals surface area contributed by atoms with E-state index in [9.17, 15) is 14.3 Å². The average molecular weight is 299 g/mol. The molecule has 112 valence electrons. The van der Waals surface area contributed by atoms with Gasteiger partial charge in [-0.25, -0.2) is 9.37 Å². The van der Waals surface area contributed by atoms with Crippen molar-refractivity contribution in [2.75, 3.05) is 5.32 Å². The fraction of sp³-hybridized carbons (Fsp3) is 0.125. The number of carbonyl (C=O) groups excluding carboxylic acids is 1. The Morgan fingerprint density at radius 1 is 1.27 bits per heavy atom. The first-order chi connectivity index (χ1) is 10.6. The zero-order chi connectivity index (χ0) is 15.5. The Labute approximate surface area is 125 Å². The summed E-state index contributed by atoms with van der Waals surface area (Å²) in [5.74, 6) is -0.539. The first-order valence-electron chi connectivity index (χ1n) is 6.80. The number of para-hydroxylation sites is 2. The number of imidazole rings is 1. The molecule has 1 atom stereocenters. The molecule has 3 aromatic rings. The van der Waals surface area contributed by atoms with Gasteiger partial charge in [0, 0.05) is 0 Å². The molecule has 1 heterocycles. The number of aromatic amines is 1. The lowest BCUT2D eigenvalue weighted by atomic mass is 10.1. The fourth-order valence-electron chi connectivity index (χ4n) is 2.20. The van der Waals surface area contributed by atoms with Crippen LogP contribution in [-0.4, -0.2) is 21.0 Å². The summed E-state index contributed by atoms with van der Waals surface area (Å²) in [4.78, 5) is 19.1. The number of halogens is 1. The summed E-state index contributed by atoms with van der Waals surface area (Å²) >= 11 is 0. The number of benzene rings is 2. The second-order valence-corrected chi connectivity index (χ2v) is 4.93. The number of anilines is 1. The highest BCUT2D eigenvalue weighted by Crippen LogP contribution is 2.19. The molecule has 6 heteroatoms. The van der Waals surface area contributed by atoms with Crippen molar-refractivity contribution in [3.8, 4) is 0 Å². The molecule has 5 nitrogen and oxygen atoms in total. The lowest BCUT2D eigenvalue weighted by Crippen LogP contribution is -2.16. The summed E-state index contributed by atoms with van der Waals surface area (Å²) in [6, 6.07) is 12.9. The summed E-state index contributed by atoms with van der Waals surface area (Å²) in [7, 11) is 0. The molecule has 1 unspecified atom stereocenters. The van der Waals surface area contributed by atoms with Crippen LogP contribution in [0.25, 0.3) is 11.0 Å². The van der Waals surface area contributed by atoms with Crippen molar-refractivity contribution in [2.24, 2.45) is 0 Å². The molecule has 0 spiro atoms. The molecular formula is C16H14FN3O2. The minimum Gasteiger partial charge on any atom is -0.388 e. The average Bonchev–Trinajstić information content (AvgIpc) is 2.89. The van der Waals surface area contributed by atoms with Gasteiger partial charge in [-0.15, -0.1) is 0 Å². The molecule has 0 saturated heterocycles. The van der Waals surface area contributed by atoms with Gasteiger partial charge >= 0.3 is 0 Å². The number of aromatic nitrogens is 2. The normalized spacial score (nSPS) is 12.3. The number of H-pyrrole nitrogens is 1. The number of hydrogen-bond donors (Lipinski definition) is 3. The summed E-state index contributed by atoms with van der Waals surface area (Å²) < 4.78 is 13.1. The van der Waals surface area contributed by atoms with Crippen LogP contribution < -0.4 is 5.32 Å². The van der Waals surface area contributed by atoms with E-state index in [4.69, 9.17) is 0 Å². The van der Waals surface area contributed by atoms with Gasteiger partial charge in [-0.3, -0.25) is 10.1 Å². The number of rotatable bonds is 4. The summed E-state index contributed by atoms with van der Waals surface area (Å²) in [6.45, 7) is 0. The highest BCUT2D eigenvalue weighted by molar-refractivity contribution is 5.91. The van der Waals surface area contributed by atoms with Gasteiger partial charge in [0.2, 0.25) is 11.9 Å². The lowest BCUT2D eigenvalue weighted by molar-refractivity contribution is -0.118. The largest absolute Gasteiger partial charge is 0.388 e. The number of amides is 1. The van der Waals surface area contributed by atoms with Crippen LogP contribution in [0, 0.1) is 5.82 Å². The van der Waals surface area contributed by atoms with Crippen LogP contribution in [0.5, 0.6) is 0 Å². The molecule has 22 heavy (non-hydrogen) atoms. The van der Waals surface area contributed by atoms with Crippen molar-refractivity contribution < 1.29 is 14.3 Å². The molecule has 3 rings (SSSR count). The van der Waals surface area contributed by atoms with E-state index >= 15 is 0 Å². The molecule has 0 radical (unpaired) electrons. The molecule has 0 aliphatic carbocycles. The van der Waals surface area contributed by atoms with E-state index in [1.54, 1.807) is 6.07 Å². The number of nitrogens with one attached hydrogen (secondary N) is 2. The van der Waals surface area contributed by atoms with Crippen molar-refractivity contribution >= 4 is 22.9 Å². The van der Waals surface area contributed by atoms with Crippen molar-refractivity contribution in [3.63, 3.8) is 0 Å². The second-order valence-electron chi connectivity index (χ2n) is 4.93. The molecule has 1 amide bonds. The van der Waals surface area contributed by atoms with E-state index in [2.05, 4.69) is 15.3 Å². The number of nitrogens with zero attached hydrogens (tertiary/aromatic N) is 1. The molecule has 3 N–H and O–H groups in total. The van der Waals surface area contributed by atoms with Gasteiger partial charge in [-0.1, -0.05) is 24.3 Å². The minimum atomic E-state index is -1.07. The molecule has 0 fully saturated rings. The minimum absolute atomic E-state index is 0.180. The van der Waals surface area contributed by atoms with Gasteiger partial charge in [-0.05, 0) is 29.8 Å². The Hall–Kier alpha value is -2.73. The fourth-order valence-corrected chi connectivity index (χ4v) is 2.20. The number of carbonyl (C=O) groups is 1. The van der Waals surface area contributed by atoms with Crippen LogP contribution in [-0.2, 0) is 4.79 Å². The van der Waals surface area contributed by atoms with Gasteiger partial charge in [0.05, 0.1) is 23.6 Å². The van der Waals surface area contributed by atoms with Crippen LogP contribution in [0.4, 0.5) is 10.3 Å². The quantitative estimate of drug-likeness (QED) is 0.693. The summed E-state index contributed by atoms with van der Waals surface area (Å²) in [5, 5.41) is 12.6. The third-order valence-electron chi connectivity index (χ3n) is 3.26. The highest BCUT2D eigenvalue weighted by atomic mass is 19.1. The van der Waals surface area contributed by atoms with Crippen LogP contribution in [0.2, 0.25) is 0 Å². The van der Waals surface area contributed by atoms with Crippen molar-refractivity contribution in [3.05, 3.63) is 59.9 Å². The predicted molar refractivity (Wildman–Crippen MR) is 80.7 cm³/mol. The van der Waals surface area contributed by atoms with Gasteiger partial charge in [0.1, 0.15) is 5.82 Å². The maximum atomic E-state index is 13.1. The van der Waals surface area contributed by atoms with Gasteiger partial charge in [0.15, 0.2) is 0 Å². The van der Waals surface area contributed by atoms with Crippen molar-refractivity contribution in [1.82, 2.24) is 9.97 Å². The summed E-state index contributed by atoms with van der Waals surface area (Å²) in [5.41, 5.74) is 1.91. The third kappa shape index (κ3) is 3.12. The van der Waals surface area contributed by atoms with Crippen LogP contribution in [0.3, 0.4) is 0 Å². The second kappa shape index (κ2) is 5.95. The molecule has 1 aromatic heterocycles.